The zero-order chi connectivity index (χ0) is 37.7. The lowest BCUT2D eigenvalue weighted by molar-refractivity contribution is -0.386. The maximum atomic E-state index is 11.8. The van der Waals surface area contributed by atoms with E-state index in [9.17, 15) is 66.1 Å². The van der Waals surface area contributed by atoms with Gasteiger partial charge in [-0.15, -0.1) is 0 Å². The molecule has 0 saturated carbocycles. The van der Waals surface area contributed by atoms with Crippen molar-refractivity contribution in [2.24, 2.45) is 0 Å². The molecule has 4 fully saturated rings. The van der Waals surface area contributed by atoms with E-state index in [0.29, 0.717) is 5.33 Å². The van der Waals surface area contributed by atoms with Crippen molar-refractivity contribution in [1.82, 2.24) is 5.32 Å². The summed E-state index contributed by atoms with van der Waals surface area (Å²) in [6, 6.07) is -1.48. The maximum absolute atomic E-state index is 11.8. The van der Waals surface area contributed by atoms with Crippen LogP contribution in [-0.4, -0.2) is 228 Å². The number of ether oxygens (including phenoxy) is 8. The molecule has 0 spiro atoms. The zero-order valence-corrected chi connectivity index (χ0v) is 28.8. The van der Waals surface area contributed by atoms with Gasteiger partial charge in [-0.25, -0.2) is 0 Å². The Morgan fingerprint density at radius 3 is 1.49 bits per heavy atom. The van der Waals surface area contributed by atoms with Crippen molar-refractivity contribution >= 4 is 21.8 Å². The van der Waals surface area contributed by atoms with Crippen molar-refractivity contribution in [3.8, 4) is 0 Å². The molecule has 0 aromatic heterocycles. The molecule has 4 aliphatic rings. The molecule has 0 aromatic rings. The Hall–Kier alpha value is -0.850. The molecule has 4 rings (SSSR count). The fraction of sp³-hybridized carbons (Fsp3) is 0.964. The van der Waals surface area contributed by atoms with E-state index in [1.807, 2.05) is 0 Å². The van der Waals surface area contributed by atoms with Gasteiger partial charge in [-0.3, -0.25) is 4.79 Å². The predicted octanol–water partition coefficient (Wildman–Crippen LogP) is -8.19. The zero-order valence-electron chi connectivity index (χ0n) is 27.2. The smallest absolute Gasteiger partial charge is 0.217 e. The molecule has 4 heterocycles. The minimum Gasteiger partial charge on any atom is -0.394 e. The van der Waals surface area contributed by atoms with Crippen molar-refractivity contribution in [3.05, 3.63) is 0 Å². The highest BCUT2D eigenvalue weighted by atomic mass is 79.9. The summed E-state index contributed by atoms with van der Waals surface area (Å²) in [5.74, 6) is -0.687. The van der Waals surface area contributed by atoms with E-state index in [1.54, 1.807) is 0 Å². The number of carbonyl (C=O) groups excluding carboxylic acids is 1. The molecule has 23 heteroatoms. The van der Waals surface area contributed by atoms with Gasteiger partial charge < -0.3 is 104 Å². The first kappa shape index (κ1) is 42.9. The summed E-state index contributed by atoms with van der Waals surface area (Å²) >= 11 is 3.15. The summed E-state index contributed by atoms with van der Waals surface area (Å²) in [4.78, 5) is 11.8. The summed E-state index contributed by atoms with van der Waals surface area (Å²) < 4.78 is 44.6. The van der Waals surface area contributed by atoms with E-state index in [4.69, 9.17) is 37.9 Å². The van der Waals surface area contributed by atoms with Crippen LogP contribution < -0.4 is 5.32 Å². The minimum atomic E-state index is -2.01. The number of aliphatic hydroxyl groups is 12. The summed E-state index contributed by atoms with van der Waals surface area (Å²) in [6.45, 7) is -2.15. The van der Waals surface area contributed by atoms with Crippen LogP contribution in [0.2, 0.25) is 0 Å². The lowest BCUT2D eigenvalue weighted by Crippen LogP contribution is -2.69. The summed E-state index contributed by atoms with van der Waals surface area (Å²) in [7, 11) is 0. The van der Waals surface area contributed by atoms with Crippen LogP contribution in [0.1, 0.15) is 6.92 Å². The first-order valence-electron chi connectivity index (χ1n) is 16.1. The first-order chi connectivity index (χ1) is 24.2. The van der Waals surface area contributed by atoms with E-state index in [0.717, 1.165) is 6.92 Å². The molecule has 0 aliphatic carbocycles. The molecule has 20 atom stereocenters. The molecule has 13 N–H and O–H groups in total. The largest absolute Gasteiger partial charge is 0.394 e. The molecular weight excluding hydrogens is 766 g/mol. The fourth-order valence-electron chi connectivity index (χ4n) is 6.23. The van der Waals surface area contributed by atoms with Gasteiger partial charge in [0, 0.05) is 12.3 Å². The topological polar surface area (TPSA) is 346 Å². The average molecular weight is 815 g/mol. The summed E-state index contributed by atoms with van der Waals surface area (Å²) in [5, 5.41) is 129. The second-order valence-electron chi connectivity index (χ2n) is 12.4. The molecule has 0 unspecified atom stereocenters. The van der Waals surface area contributed by atoms with Crippen molar-refractivity contribution in [3.63, 3.8) is 0 Å². The summed E-state index contributed by atoms with van der Waals surface area (Å²) in [5.41, 5.74) is 0. The minimum absolute atomic E-state index is 0.0853. The van der Waals surface area contributed by atoms with Crippen LogP contribution in [0.5, 0.6) is 0 Å². The standard InChI is InChI=1S/C28H48BrNO21/c1-8(35)30-13-16(38)14(36)9(4-31)45-25(13)51-24-15(37)10(5-32)46-28(21(24)43)50-23-12(7-34)48-27(20(42)18(23)40)49-22-11(6-33)47-26(44-3-2-29)19(41)17(22)39/h9-28,31-34,36-43H,2-7H2,1H3,(H,30,35)/t9-,10-,11-,12-,13-,14+,15+,16-,17-,18-,19-,20-,21-,22-,23+,24+,25+,26-,27+,28-/m1/s1. The van der Waals surface area contributed by atoms with Crippen LogP contribution in [0.15, 0.2) is 0 Å². The quantitative estimate of drug-likeness (QED) is 0.0724. The van der Waals surface area contributed by atoms with Gasteiger partial charge in [0.25, 0.3) is 0 Å². The number of alkyl halides is 1. The molecule has 4 aliphatic heterocycles. The third-order valence-electron chi connectivity index (χ3n) is 8.95. The van der Waals surface area contributed by atoms with Crippen molar-refractivity contribution in [1.29, 1.82) is 0 Å². The first-order valence-corrected chi connectivity index (χ1v) is 17.3. The van der Waals surface area contributed by atoms with Crippen molar-refractivity contribution < 1.29 is 104 Å². The Bertz CT molecular complexity index is 1080. The Morgan fingerprint density at radius 1 is 0.549 bits per heavy atom. The Morgan fingerprint density at radius 2 is 0.980 bits per heavy atom. The molecule has 0 radical (unpaired) electrons. The van der Waals surface area contributed by atoms with Crippen LogP contribution in [-0.2, 0) is 42.7 Å². The van der Waals surface area contributed by atoms with Gasteiger partial charge in [0.2, 0.25) is 5.91 Å². The highest BCUT2D eigenvalue weighted by molar-refractivity contribution is 9.09. The fourth-order valence-corrected chi connectivity index (χ4v) is 6.42. The normalized spacial score (nSPS) is 48.0. The second kappa shape index (κ2) is 19.1. The summed E-state index contributed by atoms with van der Waals surface area (Å²) in [6.07, 6.45) is -32.3. The number of aliphatic hydroxyl groups excluding tert-OH is 12. The molecule has 22 nitrogen and oxygen atoms in total. The molecule has 0 bridgehead atoms. The van der Waals surface area contributed by atoms with Gasteiger partial charge in [-0.2, -0.15) is 0 Å². The molecule has 4 saturated heterocycles. The van der Waals surface area contributed by atoms with Crippen molar-refractivity contribution in [2.75, 3.05) is 38.4 Å². The molecule has 0 aromatic carbocycles. The number of hydrogen-bond donors (Lipinski definition) is 13. The predicted molar refractivity (Wildman–Crippen MR) is 163 cm³/mol. The number of halogens is 1. The van der Waals surface area contributed by atoms with Crippen LogP contribution >= 0.6 is 15.9 Å². The van der Waals surface area contributed by atoms with Gasteiger partial charge in [0.1, 0.15) is 97.6 Å². The monoisotopic (exact) mass is 813 g/mol. The van der Waals surface area contributed by atoms with Gasteiger partial charge in [0.15, 0.2) is 25.2 Å². The maximum Gasteiger partial charge on any atom is 0.217 e. The van der Waals surface area contributed by atoms with Gasteiger partial charge in [-0.1, -0.05) is 15.9 Å². The Balaban J connectivity index is 1.49. The second-order valence-corrected chi connectivity index (χ2v) is 13.2. The third-order valence-corrected chi connectivity index (χ3v) is 9.27. The number of carbonyl (C=O) groups is 1. The van der Waals surface area contributed by atoms with Crippen molar-refractivity contribution in [2.45, 2.75) is 130 Å². The van der Waals surface area contributed by atoms with Crippen LogP contribution in [0.4, 0.5) is 0 Å². The molecule has 51 heavy (non-hydrogen) atoms. The third kappa shape index (κ3) is 9.52. The number of hydrogen-bond acceptors (Lipinski definition) is 21. The Labute approximate surface area is 299 Å². The molecule has 1 amide bonds. The van der Waals surface area contributed by atoms with E-state index in [2.05, 4.69) is 21.2 Å². The number of amides is 1. The van der Waals surface area contributed by atoms with E-state index in [1.165, 1.54) is 0 Å². The Kier molecular flexibility index (Phi) is 16.1. The highest BCUT2D eigenvalue weighted by Crippen LogP contribution is 2.34. The van der Waals surface area contributed by atoms with Crippen LogP contribution in [0, 0.1) is 0 Å². The van der Waals surface area contributed by atoms with Gasteiger partial charge >= 0.3 is 0 Å². The van der Waals surface area contributed by atoms with Gasteiger partial charge in [0.05, 0.1) is 33.0 Å². The van der Waals surface area contributed by atoms with E-state index >= 15 is 0 Å². The molecular formula is C28H48BrNO21. The van der Waals surface area contributed by atoms with Crippen LogP contribution in [0.25, 0.3) is 0 Å². The van der Waals surface area contributed by atoms with Gasteiger partial charge in [-0.05, 0) is 0 Å². The number of nitrogens with one attached hydrogen (secondary N) is 1. The number of rotatable bonds is 14. The SMILES string of the molecule is CC(=O)N[C@H]1[C@H](O[C@H]2[C@@H](O)[C@@H](CO)O[C@H](O[C@@H]3[C@H](O)[C@@H](O)[C@H](O[C@H]4[C@H](O)[C@@H](O)[C@H](OCCBr)O[C@@H]4CO)O[C@@H]3CO)[C@@H]2O)O[C@H](CO)[C@H](O)[C@@H]1O. The lowest BCUT2D eigenvalue weighted by Gasteiger charge is -2.49. The lowest BCUT2D eigenvalue weighted by atomic mass is 9.95. The van der Waals surface area contributed by atoms with E-state index in [-0.39, 0.29) is 6.61 Å². The van der Waals surface area contributed by atoms with Crippen LogP contribution in [0.3, 0.4) is 0 Å². The average Bonchev–Trinajstić information content (AvgIpc) is 3.11. The highest BCUT2D eigenvalue weighted by Gasteiger charge is 2.55. The molecule has 298 valence electrons. The van der Waals surface area contributed by atoms with E-state index < -0.39 is 155 Å².